The molecule has 110 valence electrons. The topological polar surface area (TPSA) is 41.7 Å². The quantitative estimate of drug-likeness (QED) is 0.830. The van der Waals surface area contributed by atoms with Gasteiger partial charge in [0, 0.05) is 37.8 Å². The van der Waals surface area contributed by atoms with Crippen LogP contribution in [0.5, 0.6) is 0 Å². The van der Waals surface area contributed by atoms with Crippen molar-refractivity contribution in [3.8, 4) is 0 Å². The van der Waals surface area contributed by atoms with E-state index < -0.39 is 0 Å². The molecule has 3 rings (SSSR count). The molecule has 0 bridgehead atoms. The summed E-state index contributed by atoms with van der Waals surface area (Å²) in [6.07, 6.45) is 7.82. The summed E-state index contributed by atoms with van der Waals surface area (Å²) in [5.74, 6) is 0. The first kappa shape index (κ1) is 13.8. The van der Waals surface area contributed by atoms with E-state index in [4.69, 9.17) is 10.5 Å². The van der Waals surface area contributed by atoms with Crippen molar-refractivity contribution in [1.82, 2.24) is 9.80 Å². The van der Waals surface area contributed by atoms with Crippen molar-refractivity contribution in [2.45, 2.75) is 50.1 Å². The van der Waals surface area contributed by atoms with Gasteiger partial charge >= 0.3 is 0 Å². The Morgan fingerprint density at radius 1 is 1.05 bits per heavy atom. The van der Waals surface area contributed by atoms with Crippen LogP contribution in [0.15, 0.2) is 0 Å². The van der Waals surface area contributed by atoms with Gasteiger partial charge < -0.3 is 10.5 Å². The van der Waals surface area contributed by atoms with Gasteiger partial charge in [-0.05, 0) is 25.8 Å². The van der Waals surface area contributed by atoms with Crippen LogP contribution >= 0.6 is 0 Å². The van der Waals surface area contributed by atoms with E-state index in [0.29, 0.717) is 0 Å². The van der Waals surface area contributed by atoms with Crippen LogP contribution in [0, 0.1) is 0 Å². The van der Waals surface area contributed by atoms with E-state index in [1.165, 1.54) is 51.6 Å². The third kappa shape index (κ3) is 3.48. The maximum Gasteiger partial charge on any atom is 0.0594 e. The molecule has 2 saturated heterocycles. The molecule has 1 saturated carbocycles. The van der Waals surface area contributed by atoms with Crippen LogP contribution < -0.4 is 5.73 Å². The maximum absolute atomic E-state index is 6.59. The molecule has 4 nitrogen and oxygen atoms in total. The first-order valence-electron chi connectivity index (χ1n) is 8.08. The molecule has 4 heteroatoms. The largest absolute Gasteiger partial charge is 0.379 e. The molecule has 2 heterocycles. The van der Waals surface area contributed by atoms with Crippen LogP contribution in [0.1, 0.15) is 38.5 Å². The second-order valence-electron chi connectivity index (χ2n) is 6.75. The summed E-state index contributed by atoms with van der Waals surface area (Å²) < 4.78 is 5.45. The fraction of sp³-hybridized carbons (Fsp3) is 1.00. The second-order valence-corrected chi connectivity index (χ2v) is 6.75. The Balaban J connectivity index is 1.48. The molecule has 0 amide bonds. The first-order valence-corrected chi connectivity index (χ1v) is 8.08. The van der Waals surface area contributed by atoms with E-state index in [1.807, 2.05) is 0 Å². The zero-order valence-corrected chi connectivity index (χ0v) is 12.1. The summed E-state index contributed by atoms with van der Waals surface area (Å²) in [5.41, 5.74) is 6.70. The van der Waals surface area contributed by atoms with E-state index >= 15 is 0 Å². The summed E-state index contributed by atoms with van der Waals surface area (Å²) >= 11 is 0. The van der Waals surface area contributed by atoms with E-state index in [2.05, 4.69) is 9.80 Å². The molecule has 3 fully saturated rings. The third-order valence-electron chi connectivity index (χ3n) is 5.20. The minimum absolute atomic E-state index is 0.109. The lowest BCUT2D eigenvalue weighted by atomic mass is 9.82. The lowest BCUT2D eigenvalue weighted by Gasteiger charge is -2.37. The van der Waals surface area contributed by atoms with Crippen LogP contribution in [0.3, 0.4) is 0 Å². The minimum atomic E-state index is 0.109. The van der Waals surface area contributed by atoms with Crippen molar-refractivity contribution in [2.24, 2.45) is 5.73 Å². The average Bonchev–Trinajstić information content (AvgIpc) is 2.88. The van der Waals surface area contributed by atoms with Crippen LogP contribution in [0.2, 0.25) is 0 Å². The number of morpholine rings is 1. The minimum Gasteiger partial charge on any atom is -0.379 e. The maximum atomic E-state index is 6.59. The number of ether oxygens (including phenoxy) is 1. The molecular formula is C15H29N3O. The molecule has 1 unspecified atom stereocenters. The molecule has 2 aliphatic heterocycles. The van der Waals surface area contributed by atoms with Crippen molar-refractivity contribution >= 4 is 0 Å². The summed E-state index contributed by atoms with van der Waals surface area (Å²) in [5, 5.41) is 0. The average molecular weight is 267 g/mol. The fourth-order valence-electron chi connectivity index (χ4n) is 4.06. The predicted octanol–water partition coefficient (Wildman–Crippen LogP) is 1.05. The van der Waals surface area contributed by atoms with E-state index in [1.54, 1.807) is 0 Å². The number of nitrogens with zero attached hydrogens (tertiary/aromatic N) is 2. The molecule has 0 aromatic carbocycles. The monoisotopic (exact) mass is 267 g/mol. The zero-order valence-electron chi connectivity index (χ0n) is 12.1. The molecule has 2 N–H and O–H groups in total. The Kier molecular flexibility index (Phi) is 4.42. The second kappa shape index (κ2) is 6.08. The first-order chi connectivity index (χ1) is 9.25. The standard InChI is InChI=1S/C15H29N3O/c16-15(5-2-1-3-6-15)13-17-7-4-14(12-17)18-8-10-19-11-9-18/h14H,1-13,16H2. The number of likely N-dealkylation sites (tertiary alicyclic amines) is 1. The number of hydrogen-bond donors (Lipinski definition) is 1. The fourth-order valence-corrected chi connectivity index (χ4v) is 4.06. The zero-order chi connectivity index (χ0) is 13.1. The van der Waals surface area contributed by atoms with Gasteiger partial charge in [-0.15, -0.1) is 0 Å². The molecule has 1 aliphatic carbocycles. The molecule has 0 aromatic heterocycles. The summed E-state index contributed by atoms with van der Waals surface area (Å²) in [6, 6.07) is 0.746. The molecule has 0 spiro atoms. The van der Waals surface area contributed by atoms with Crippen LogP contribution in [-0.4, -0.2) is 67.3 Å². The van der Waals surface area contributed by atoms with Crippen molar-refractivity contribution in [3.05, 3.63) is 0 Å². The van der Waals surface area contributed by atoms with Gasteiger partial charge in [-0.1, -0.05) is 19.3 Å². The Bertz CT molecular complexity index is 285. The molecule has 3 aliphatic rings. The van der Waals surface area contributed by atoms with Crippen molar-refractivity contribution in [3.63, 3.8) is 0 Å². The van der Waals surface area contributed by atoms with E-state index in [9.17, 15) is 0 Å². The van der Waals surface area contributed by atoms with Gasteiger partial charge in [0.25, 0.3) is 0 Å². The number of rotatable bonds is 3. The van der Waals surface area contributed by atoms with Gasteiger partial charge in [0.1, 0.15) is 0 Å². The van der Waals surface area contributed by atoms with Gasteiger partial charge in [-0.25, -0.2) is 0 Å². The summed E-state index contributed by atoms with van der Waals surface area (Å²) in [4.78, 5) is 5.24. The Labute approximate surface area is 117 Å². The smallest absolute Gasteiger partial charge is 0.0594 e. The Morgan fingerprint density at radius 3 is 2.53 bits per heavy atom. The van der Waals surface area contributed by atoms with Crippen LogP contribution in [0.4, 0.5) is 0 Å². The number of hydrogen-bond acceptors (Lipinski definition) is 4. The summed E-state index contributed by atoms with van der Waals surface area (Å²) in [6.45, 7) is 7.64. The SMILES string of the molecule is NC1(CN2CCC(N3CCOCC3)C2)CCCCC1. The van der Waals surface area contributed by atoms with Crippen molar-refractivity contribution in [2.75, 3.05) is 45.9 Å². The molecule has 19 heavy (non-hydrogen) atoms. The Hall–Kier alpha value is -0.160. The van der Waals surface area contributed by atoms with Gasteiger partial charge in [0.05, 0.1) is 13.2 Å². The van der Waals surface area contributed by atoms with Gasteiger partial charge in [-0.3, -0.25) is 9.80 Å². The number of nitrogens with two attached hydrogens (primary N) is 1. The lowest BCUT2D eigenvalue weighted by Crippen LogP contribution is -2.52. The lowest BCUT2D eigenvalue weighted by molar-refractivity contribution is 0.0179. The van der Waals surface area contributed by atoms with E-state index in [0.717, 1.165) is 38.9 Å². The van der Waals surface area contributed by atoms with Gasteiger partial charge in [0.15, 0.2) is 0 Å². The van der Waals surface area contributed by atoms with Gasteiger partial charge in [-0.2, -0.15) is 0 Å². The normalized spacial score (nSPS) is 33.6. The highest BCUT2D eigenvalue weighted by atomic mass is 16.5. The Morgan fingerprint density at radius 2 is 1.79 bits per heavy atom. The van der Waals surface area contributed by atoms with Gasteiger partial charge in [0.2, 0.25) is 0 Å². The highest BCUT2D eigenvalue weighted by molar-refractivity contribution is 4.94. The van der Waals surface area contributed by atoms with E-state index in [-0.39, 0.29) is 5.54 Å². The van der Waals surface area contributed by atoms with Crippen LogP contribution in [-0.2, 0) is 4.74 Å². The van der Waals surface area contributed by atoms with Crippen molar-refractivity contribution in [1.29, 1.82) is 0 Å². The predicted molar refractivity (Wildman–Crippen MR) is 77.2 cm³/mol. The van der Waals surface area contributed by atoms with Crippen molar-refractivity contribution < 1.29 is 4.74 Å². The summed E-state index contributed by atoms with van der Waals surface area (Å²) in [7, 11) is 0. The van der Waals surface area contributed by atoms with Crippen LogP contribution in [0.25, 0.3) is 0 Å². The highest BCUT2D eigenvalue weighted by Gasteiger charge is 2.34. The molecular weight excluding hydrogens is 238 g/mol. The third-order valence-corrected chi connectivity index (χ3v) is 5.20. The highest BCUT2D eigenvalue weighted by Crippen LogP contribution is 2.28. The molecule has 0 radical (unpaired) electrons. The molecule has 0 aromatic rings. The molecule has 1 atom stereocenters.